The predicted molar refractivity (Wildman–Crippen MR) is 103 cm³/mol. The van der Waals surface area contributed by atoms with Gasteiger partial charge in [-0.15, -0.1) is 11.3 Å². The predicted octanol–water partition coefficient (Wildman–Crippen LogP) is 5.56. The number of anilines is 2. The highest BCUT2D eigenvalue weighted by Crippen LogP contribution is 2.23. The quantitative estimate of drug-likeness (QED) is 0.612. The van der Waals surface area contributed by atoms with Gasteiger partial charge in [0.25, 0.3) is 11.8 Å². The Kier molecular flexibility index (Phi) is 5.38. The second-order valence-corrected chi connectivity index (χ2v) is 6.94. The van der Waals surface area contributed by atoms with Crippen LogP contribution in [0.1, 0.15) is 20.0 Å². The highest BCUT2D eigenvalue weighted by Gasteiger charge is 2.10. The van der Waals surface area contributed by atoms with Gasteiger partial charge >= 0.3 is 0 Å². The Bertz CT molecular complexity index is 889. The van der Waals surface area contributed by atoms with E-state index < -0.39 is 0 Å². The Morgan fingerprint density at radius 1 is 0.800 bits per heavy atom. The van der Waals surface area contributed by atoms with Crippen LogP contribution in [0.15, 0.2) is 60.0 Å². The molecule has 0 saturated heterocycles. The van der Waals surface area contributed by atoms with Crippen LogP contribution in [-0.2, 0) is 0 Å². The molecule has 1 heterocycles. The van der Waals surface area contributed by atoms with Crippen LogP contribution in [-0.4, -0.2) is 11.8 Å². The molecule has 0 aliphatic rings. The summed E-state index contributed by atoms with van der Waals surface area (Å²) in [5.74, 6) is -0.477. The summed E-state index contributed by atoms with van der Waals surface area (Å²) in [6.07, 6.45) is 0. The third-order valence-electron chi connectivity index (χ3n) is 3.27. The summed E-state index contributed by atoms with van der Waals surface area (Å²) < 4.78 is 0. The van der Waals surface area contributed by atoms with E-state index in [-0.39, 0.29) is 11.8 Å². The maximum Gasteiger partial charge on any atom is 0.265 e. The fourth-order valence-corrected chi connectivity index (χ4v) is 3.28. The second kappa shape index (κ2) is 7.70. The number of benzene rings is 2. The van der Waals surface area contributed by atoms with Crippen molar-refractivity contribution >= 4 is 57.7 Å². The van der Waals surface area contributed by atoms with Gasteiger partial charge in [0.2, 0.25) is 0 Å². The number of rotatable bonds is 4. The monoisotopic (exact) mass is 390 g/mol. The average molecular weight is 391 g/mol. The largest absolute Gasteiger partial charge is 0.322 e. The molecule has 3 aromatic rings. The number of hydrogen-bond donors (Lipinski definition) is 2. The Balaban J connectivity index is 1.67. The molecule has 2 amide bonds. The van der Waals surface area contributed by atoms with E-state index in [0.29, 0.717) is 31.9 Å². The topological polar surface area (TPSA) is 58.2 Å². The maximum atomic E-state index is 12.3. The highest BCUT2D eigenvalue weighted by molar-refractivity contribution is 7.12. The van der Waals surface area contributed by atoms with Gasteiger partial charge in [-0.2, -0.15) is 0 Å². The van der Waals surface area contributed by atoms with Gasteiger partial charge < -0.3 is 10.6 Å². The summed E-state index contributed by atoms with van der Waals surface area (Å²) in [5.41, 5.74) is 1.57. The summed E-state index contributed by atoms with van der Waals surface area (Å²) in [4.78, 5) is 24.9. The van der Waals surface area contributed by atoms with E-state index in [9.17, 15) is 9.59 Å². The van der Waals surface area contributed by atoms with Crippen molar-refractivity contribution < 1.29 is 9.59 Å². The van der Waals surface area contributed by atoms with Gasteiger partial charge in [-0.3, -0.25) is 9.59 Å². The van der Waals surface area contributed by atoms with Crippen molar-refractivity contribution in [1.29, 1.82) is 0 Å². The van der Waals surface area contributed by atoms with Crippen molar-refractivity contribution in [2.24, 2.45) is 0 Å². The first-order valence-electron chi connectivity index (χ1n) is 7.23. The van der Waals surface area contributed by atoms with E-state index in [2.05, 4.69) is 10.6 Å². The molecule has 0 aliphatic carbocycles. The van der Waals surface area contributed by atoms with Gasteiger partial charge in [0.05, 0.1) is 4.88 Å². The van der Waals surface area contributed by atoms with Crippen LogP contribution in [0.4, 0.5) is 11.4 Å². The zero-order valence-electron chi connectivity index (χ0n) is 12.8. The normalized spacial score (nSPS) is 10.3. The number of amides is 2. The van der Waals surface area contributed by atoms with E-state index in [1.54, 1.807) is 48.5 Å². The molecule has 0 spiro atoms. The summed E-state index contributed by atoms with van der Waals surface area (Å²) in [6.45, 7) is 0. The average Bonchev–Trinajstić information content (AvgIpc) is 3.09. The Labute approximate surface area is 158 Å². The summed E-state index contributed by atoms with van der Waals surface area (Å²) >= 11 is 13.2. The van der Waals surface area contributed by atoms with Crippen LogP contribution in [0.3, 0.4) is 0 Å². The lowest BCUT2D eigenvalue weighted by Crippen LogP contribution is -2.13. The van der Waals surface area contributed by atoms with Gasteiger partial charge in [0, 0.05) is 27.0 Å². The SMILES string of the molecule is O=C(Nc1cc(Cl)cc(Cl)c1)c1ccc(NC(=O)c2cccs2)cc1. The summed E-state index contributed by atoms with van der Waals surface area (Å²) in [7, 11) is 0. The lowest BCUT2D eigenvalue weighted by atomic mass is 10.2. The van der Waals surface area contributed by atoms with Gasteiger partial charge in [-0.05, 0) is 53.9 Å². The van der Waals surface area contributed by atoms with Crippen LogP contribution >= 0.6 is 34.5 Å². The molecule has 4 nitrogen and oxygen atoms in total. The zero-order valence-corrected chi connectivity index (χ0v) is 15.1. The van der Waals surface area contributed by atoms with Crippen LogP contribution in [0.25, 0.3) is 0 Å². The third-order valence-corrected chi connectivity index (χ3v) is 4.58. The Hall–Kier alpha value is -2.34. The van der Waals surface area contributed by atoms with E-state index in [1.165, 1.54) is 11.3 Å². The first-order chi connectivity index (χ1) is 12.0. The van der Waals surface area contributed by atoms with E-state index in [4.69, 9.17) is 23.2 Å². The molecule has 2 N–H and O–H groups in total. The second-order valence-electron chi connectivity index (χ2n) is 5.12. The fraction of sp³-hybridized carbons (Fsp3) is 0. The first kappa shape index (κ1) is 17.5. The molecule has 1 aromatic heterocycles. The molecule has 0 unspecified atom stereocenters. The van der Waals surface area contributed by atoms with Crippen molar-refractivity contribution in [3.8, 4) is 0 Å². The number of nitrogens with one attached hydrogen (secondary N) is 2. The smallest absolute Gasteiger partial charge is 0.265 e. The molecular weight excluding hydrogens is 379 g/mol. The fourth-order valence-electron chi connectivity index (χ4n) is 2.13. The standard InChI is InChI=1S/C18H12Cl2N2O2S/c19-12-8-13(20)10-15(9-12)22-17(23)11-3-5-14(6-4-11)21-18(24)16-2-1-7-25-16/h1-10H,(H,21,24)(H,22,23). The Morgan fingerprint density at radius 3 is 2.04 bits per heavy atom. The summed E-state index contributed by atoms with van der Waals surface area (Å²) in [5, 5.41) is 8.23. The molecule has 25 heavy (non-hydrogen) atoms. The molecule has 0 bridgehead atoms. The van der Waals surface area contributed by atoms with Crippen molar-refractivity contribution in [3.63, 3.8) is 0 Å². The van der Waals surface area contributed by atoms with Crippen LogP contribution in [0, 0.1) is 0 Å². The molecule has 126 valence electrons. The van der Waals surface area contributed by atoms with Crippen molar-refractivity contribution in [2.45, 2.75) is 0 Å². The minimum atomic E-state index is -0.297. The number of hydrogen-bond acceptors (Lipinski definition) is 3. The Morgan fingerprint density at radius 2 is 1.44 bits per heavy atom. The lowest BCUT2D eigenvalue weighted by molar-refractivity contribution is 0.102. The zero-order chi connectivity index (χ0) is 17.8. The first-order valence-corrected chi connectivity index (χ1v) is 8.87. The summed E-state index contributed by atoms with van der Waals surface area (Å²) in [6, 6.07) is 15.0. The van der Waals surface area contributed by atoms with Crippen molar-refractivity contribution in [3.05, 3.63) is 80.5 Å². The molecule has 0 atom stereocenters. The molecule has 0 fully saturated rings. The van der Waals surface area contributed by atoms with Gasteiger partial charge in [0.15, 0.2) is 0 Å². The maximum absolute atomic E-state index is 12.3. The number of carbonyl (C=O) groups excluding carboxylic acids is 2. The number of halogens is 2. The van der Waals surface area contributed by atoms with Gasteiger partial charge in [-0.25, -0.2) is 0 Å². The number of carbonyl (C=O) groups is 2. The highest BCUT2D eigenvalue weighted by atomic mass is 35.5. The molecule has 0 saturated carbocycles. The molecule has 2 aromatic carbocycles. The van der Waals surface area contributed by atoms with Crippen LogP contribution in [0.5, 0.6) is 0 Å². The molecule has 0 radical (unpaired) electrons. The van der Waals surface area contributed by atoms with E-state index >= 15 is 0 Å². The molecule has 0 aliphatic heterocycles. The molecule has 3 rings (SSSR count). The van der Waals surface area contributed by atoms with E-state index in [0.717, 1.165) is 0 Å². The molecular formula is C18H12Cl2N2O2S. The minimum absolute atomic E-state index is 0.180. The lowest BCUT2D eigenvalue weighted by Gasteiger charge is -2.08. The van der Waals surface area contributed by atoms with Crippen molar-refractivity contribution in [1.82, 2.24) is 0 Å². The number of thiophene rings is 1. The van der Waals surface area contributed by atoms with Crippen molar-refractivity contribution in [2.75, 3.05) is 10.6 Å². The van der Waals surface area contributed by atoms with Crippen LogP contribution in [0.2, 0.25) is 10.0 Å². The van der Waals surface area contributed by atoms with Gasteiger partial charge in [0.1, 0.15) is 0 Å². The minimum Gasteiger partial charge on any atom is -0.322 e. The van der Waals surface area contributed by atoms with Crippen LogP contribution < -0.4 is 10.6 Å². The van der Waals surface area contributed by atoms with Gasteiger partial charge in [-0.1, -0.05) is 29.3 Å². The third kappa shape index (κ3) is 4.60. The van der Waals surface area contributed by atoms with E-state index in [1.807, 2.05) is 11.4 Å². The molecule has 7 heteroatoms.